The Kier molecular flexibility index (Phi) is 5.16. The molecule has 0 unspecified atom stereocenters. The first-order valence-corrected chi connectivity index (χ1v) is 8.96. The minimum absolute atomic E-state index is 0.0945. The number of hydrazine groups is 1. The van der Waals surface area contributed by atoms with Gasteiger partial charge in [-0.2, -0.15) is 0 Å². The minimum Gasteiger partial charge on any atom is -0.257 e. The van der Waals surface area contributed by atoms with E-state index in [1.165, 1.54) is 24.5 Å². The molecule has 1 aliphatic carbocycles. The fourth-order valence-corrected chi connectivity index (χ4v) is 3.63. The van der Waals surface area contributed by atoms with Crippen LogP contribution < -0.4 is 10.9 Å². The molecule has 0 bridgehead atoms. The van der Waals surface area contributed by atoms with Crippen LogP contribution >= 0.6 is 0 Å². The summed E-state index contributed by atoms with van der Waals surface area (Å²) < 4.78 is 13.6. The summed E-state index contributed by atoms with van der Waals surface area (Å²) in [6.07, 6.45) is 6.61. The fraction of sp³-hybridized carbons (Fsp3) is 0.550. The van der Waals surface area contributed by atoms with Crippen molar-refractivity contribution in [3.8, 4) is 0 Å². The van der Waals surface area contributed by atoms with Crippen LogP contribution in [-0.4, -0.2) is 17.1 Å². The van der Waals surface area contributed by atoms with Gasteiger partial charge in [0.15, 0.2) is 0 Å². The normalized spacial score (nSPS) is 22.0. The largest absolute Gasteiger partial charge is 0.257 e. The van der Waals surface area contributed by atoms with Crippen LogP contribution in [0.2, 0.25) is 0 Å². The van der Waals surface area contributed by atoms with Crippen LogP contribution in [0.5, 0.6) is 0 Å². The minimum atomic E-state index is -0.178. The van der Waals surface area contributed by atoms with Gasteiger partial charge in [0.1, 0.15) is 5.82 Å². The Morgan fingerprint density at radius 3 is 2.58 bits per heavy atom. The lowest BCUT2D eigenvalue weighted by atomic mass is 9.78. The molecule has 0 aliphatic heterocycles. The third-order valence-electron chi connectivity index (χ3n) is 4.88. The summed E-state index contributed by atoms with van der Waals surface area (Å²) in [6.45, 7) is 7.48. The maximum absolute atomic E-state index is 13.6. The average molecular weight is 329 g/mol. The molecule has 1 fully saturated rings. The smallest absolute Gasteiger partial charge is 0.123 e. The van der Waals surface area contributed by atoms with Gasteiger partial charge in [-0.05, 0) is 88.1 Å². The Hall–Kier alpha value is -1.52. The molecule has 0 saturated heterocycles. The zero-order chi connectivity index (χ0) is 17.2. The quantitative estimate of drug-likeness (QED) is 0.809. The van der Waals surface area contributed by atoms with E-state index in [0.29, 0.717) is 11.8 Å². The van der Waals surface area contributed by atoms with Gasteiger partial charge >= 0.3 is 0 Å². The average Bonchev–Trinajstić information content (AvgIpc) is 2.54. The highest BCUT2D eigenvalue weighted by molar-refractivity contribution is 5.82. The Bertz CT molecular complexity index is 685. The first kappa shape index (κ1) is 17.3. The van der Waals surface area contributed by atoms with Crippen molar-refractivity contribution in [3.63, 3.8) is 0 Å². The van der Waals surface area contributed by atoms with E-state index in [-0.39, 0.29) is 11.4 Å². The van der Waals surface area contributed by atoms with E-state index in [2.05, 4.69) is 42.7 Å². The van der Waals surface area contributed by atoms with Gasteiger partial charge in [-0.25, -0.2) is 4.39 Å². The lowest BCUT2D eigenvalue weighted by Gasteiger charge is -2.31. The predicted octanol–water partition coefficient (Wildman–Crippen LogP) is 4.54. The molecule has 24 heavy (non-hydrogen) atoms. The molecule has 130 valence electrons. The van der Waals surface area contributed by atoms with Crippen molar-refractivity contribution in [3.05, 3.63) is 41.8 Å². The Morgan fingerprint density at radius 2 is 1.88 bits per heavy atom. The molecule has 0 atom stereocenters. The summed E-state index contributed by atoms with van der Waals surface area (Å²) in [5.74, 6) is 1.05. The number of nitrogens with one attached hydrogen (secondary N) is 2. The Labute approximate surface area is 144 Å². The van der Waals surface area contributed by atoms with Gasteiger partial charge in [0.2, 0.25) is 0 Å². The molecule has 2 N–H and O–H groups in total. The molecule has 1 aromatic heterocycles. The highest BCUT2D eigenvalue weighted by Gasteiger charge is 2.24. The number of pyridine rings is 1. The van der Waals surface area contributed by atoms with Crippen molar-refractivity contribution < 1.29 is 4.39 Å². The molecule has 3 nitrogen and oxygen atoms in total. The van der Waals surface area contributed by atoms with Crippen LogP contribution in [0.1, 0.15) is 57.9 Å². The standard InChI is InChI=1S/C20H28FN3/c1-20(2,3)24-23-13-14-4-6-15(7-5-14)17-10-11-22-19-9-8-16(21)12-18(17)19/h8-12,14-15,23-24H,4-7,13H2,1-3H3. The second-order valence-corrected chi connectivity index (χ2v) is 8.04. The van der Waals surface area contributed by atoms with Crippen LogP contribution in [0.3, 0.4) is 0 Å². The number of hydrogen-bond acceptors (Lipinski definition) is 3. The van der Waals surface area contributed by atoms with Crippen molar-refractivity contribution in [2.45, 2.75) is 57.9 Å². The molecule has 3 rings (SSSR count). The summed E-state index contributed by atoms with van der Waals surface area (Å²) >= 11 is 0. The molecule has 1 saturated carbocycles. The maximum Gasteiger partial charge on any atom is 0.123 e. The molecule has 4 heteroatoms. The number of benzene rings is 1. The first-order chi connectivity index (χ1) is 11.4. The highest BCUT2D eigenvalue weighted by atomic mass is 19.1. The lowest BCUT2D eigenvalue weighted by Crippen LogP contribution is -2.47. The van der Waals surface area contributed by atoms with Gasteiger partial charge in [-0.15, -0.1) is 0 Å². The van der Waals surface area contributed by atoms with E-state index in [0.717, 1.165) is 30.3 Å². The van der Waals surface area contributed by atoms with Gasteiger partial charge in [0, 0.05) is 23.7 Å². The zero-order valence-electron chi connectivity index (χ0n) is 14.9. The summed E-state index contributed by atoms with van der Waals surface area (Å²) in [6, 6.07) is 6.98. The summed E-state index contributed by atoms with van der Waals surface area (Å²) in [5, 5.41) is 0.980. The third kappa shape index (κ3) is 4.31. The lowest BCUT2D eigenvalue weighted by molar-refractivity contribution is 0.275. The van der Waals surface area contributed by atoms with Crippen molar-refractivity contribution in [2.75, 3.05) is 6.54 Å². The molecule has 1 aliphatic rings. The van der Waals surface area contributed by atoms with E-state index >= 15 is 0 Å². The van der Waals surface area contributed by atoms with Crippen molar-refractivity contribution in [1.29, 1.82) is 0 Å². The Balaban J connectivity index is 1.62. The van der Waals surface area contributed by atoms with Gasteiger partial charge in [-0.1, -0.05) is 0 Å². The van der Waals surface area contributed by atoms with E-state index in [4.69, 9.17) is 0 Å². The van der Waals surface area contributed by atoms with Gasteiger partial charge in [0.25, 0.3) is 0 Å². The van der Waals surface area contributed by atoms with Gasteiger partial charge < -0.3 is 0 Å². The van der Waals surface area contributed by atoms with E-state index in [9.17, 15) is 4.39 Å². The van der Waals surface area contributed by atoms with Crippen LogP contribution in [-0.2, 0) is 0 Å². The van der Waals surface area contributed by atoms with Crippen molar-refractivity contribution in [2.24, 2.45) is 5.92 Å². The molecular formula is C20H28FN3. The number of halogens is 1. The molecule has 0 amide bonds. The Morgan fingerprint density at radius 1 is 1.12 bits per heavy atom. The topological polar surface area (TPSA) is 37.0 Å². The van der Waals surface area contributed by atoms with Crippen LogP contribution in [0.4, 0.5) is 4.39 Å². The number of fused-ring (bicyclic) bond motifs is 1. The van der Waals surface area contributed by atoms with E-state index in [1.54, 1.807) is 12.1 Å². The number of hydrogen-bond donors (Lipinski definition) is 2. The van der Waals surface area contributed by atoms with E-state index in [1.807, 2.05) is 6.20 Å². The molecule has 0 radical (unpaired) electrons. The summed E-state index contributed by atoms with van der Waals surface area (Å²) in [7, 11) is 0. The van der Waals surface area contributed by atoms with Gasteiger partial charge in [-0.3, -0.25) is 15.8 Å². The van der Waals surface area contributed by atoms with Crippen molar-refractivity contribution in [1.82, 2.24) is 15.8 Å². The molecule has 2 aromatic rings. The second kappa shape index (κ2) is 7.16. The van der Waals surface area contributed by atoms with Crippen LogP contribution in [0.25, 0.3) is 10.9 Å². The SMILES string of the molecule is CC(C)(C)NNCC1CCC(c2ccnc3ccc(F)cc23)CC1. The number of rotatable bonds is 4. The molecule has 1 heterocycles. The molecular weight excluding hydrogens is 301 g/mol. The predicted molar refractivity (Wildman–Crippen MR) is 97.3 cm³/mol. The van der Waals surface area contributed by atoms with E-state index < -0.39 is 0 Å². The van der Waals surface area contributed by atoms with Crippen LogP contribution in [0.15, 0.2) is 30.5 Å². The summed E-state index contributed by atoms with van der Waals surface area (Å²) in [5.41, 5.74) is 8.97. The monoisotopic (exact) mass is 329 g/mol. The zero-order valence-corrected chi connectivity index (χ0v) is 14.9. The molecule has 0 spiro atoms. The summed E-state index contributed by atoms with van der Waals surface area (Å²) in [4.78, 5) is 4.37. The first-order valence-electron chi connectivity index (χ1n) is 8.96. The third-order valence-corrected chi connectivity index (χ3v) is 4.88. The van der Waals surface area contributed by atoms with Crippen LogP contribution in [0, 0.1) is 11.7 Å². The highest BCUT2D eigenvalue weighted by Crippen LogP contribution is 2.38. The molecule has 1 aromatic carbocycles. The second-order valence-electron chi connectivity index (χ2n) is 8.04. The number of aromatic nitrogens is 1. The number of nitrogens with zero attached hydrogens (tertiary/aromatic N) is 1. The van der Waals surface area contributed by atoms with Crippen molar-refractivity contribution >= 4 is 10.9 Å². The maximum atomic E-state index is 13.6. The van der Waals surface area contributed by atoms with Gasteiger partial charge in [0.05, 0.1) is 5.52 Å². The fourth-order valence-electron chi connectivity index (χ4n) is 3.63.